The number of nitrogens with one attached hydrogen (secondary N) is 1. The number of aldehydes is 1. The molecule has 0 amide bonds. The monoisotopic (exact) mass is 190 g/mol. The van der Waals surface area contributed by atoms with Gasteiger partial charge in [-0.15, -0.1) is 0 Å². The van der Waals surface area contributed by atoms with E-state index in [2.05, 4.69) is 10.2 Å². The molecular formula is C10H10N2O2. The first-order valence-corrected chi connectivity index (χ1v) is 4.24. The molecule has 0 radical (unpaired) electrons. The molecule has 0 aliphatic heterocycles. The van der Waals surface area contributed by atoms with Gasteiger partial charge in [-0.1, -0.05) is 0 Å². The molecule has 0 saturated carbocycles. The van der Waals surface area contributed by atoms with Crippen molar-refractivity contribution in [3.05, 3.63) is 23.4 Å². The van der Waals surface area contributed by atoms with E-state index in [9.17, 15) is 4.79 Å². The van der Waals surface area contributed by atoms with Crippen LogP contribution in [-0.4, -0.2) is 23.6 Å². The summed E-state index contributed by atoms with van der Waals surface area (Å²) in [5.74, 6) is 0.749. The van der Waals surface area contributed by atoms with Crippen LogP contribution < -0.4 is 4.74 Å². The first-order valence-electron chi connectivity index (χ1n) is 4.24. The number of hydrogen-bond acceptors (Lipinski definition) is 3. The number of benzene rings is 1. The summed E-state index contributed by atoms with van der Waals surface area (Å²) >= 11 is 0. The quantitative estimate of drug-likeness (QED) is 0.733. The van der Waals surface area contributed by atoms with E-state index in [-0.39, 0.29) is 0 Å². The summed E-state index contributed by atoms with van der Waals surface area (Å²) in [5.41, 5.74) is 2.25. The van der Waals surface area contributed by atoms with E-state index < -0.39 is 0 Å². The van der Waals surface area contributed by atoms with E-state index in [0.29, 0.717) is 5.69 Å². The number of rotatable bonds is 2. The Morgan fingerprint density at radius 1 is 1.50 bits per heavy atom. The molecule has 0 aliphatic rings. The molecule has 0 bridgehead atoms. The van der Waals surface area contributed by atoms with Gasteiger partial charge in [-0.3, -0.25) is 9.89 Å². The molecule has 1 aromatic carbocycles. The third-order valence-corrected chi connectivity index (χ3v) is 2.21. The van der Waals surface area contributed by atoms with Crippen LogP contribution in [0.4, 0.5) is 0 Å². The van der Waals surface area contributed by atoms with Crippen LogP contribution in [0.5, 0.6) is 5.75 Å². The highest BCUT2D eigenvalue weighted by Crippen LogP contribution is 2.24. The number of carbonyl (C=O) groups excluding carboxylic acids is 1. The van der Waals surface area contributed by atoms with Gasteiger partial charge in [-0.25, -0.2) is 0 Å². The maximum absolute atomic E-state index is 10.7. The summed E-state index contributed by atoms with van der Waals surface area (Å²) in [5, 5.41) is 7.57. The SMILES string of the molecule is COc1cc(C)c2c(C=O)[nH]nc2c1. The topological polar surface area (TPSA) is 55.0 Å². The van der Waals surface area contributed by atoms with Crippen LogP contribution in [-0.2, 0) is 0 Å². The Balaban J connectivity index is 2.78. The Morgan fingerprint density at radius 3 is 2.93 bits per heavy atom. The molecule has 1 heterocycles. The predicted octanol–water partition coefficient (Wildman–Crippen LogP) is 1.69. The van der Waals surface area contributed by atoms with Crippen LogP contribution in [0, 0.1) is 6.92 Å². The minimum atomic E-state index is 0.514. The molecule has 1 N–H and O–H groups in total. The number of carbonyl (C=O) groups is 1. The lowest BCUT2D eigenvalue weighted by Gasteiger charge is -2.01. The molecule has 2 rings (SSSR count). The second-order valence-electron chi connectivity index (χ2n) is 3.09. The summed E-state index contributed by atoms with van der Waals surface area (Å²) in [4.78, 5) is 10.7. The molecule has 0 saturated heterocycles. The number of hydrogen-bond donors (Lipinski definition) is 1. The molecule has 0 atom stereocenters. The van der Waals surface area contributed by atoms with Gasteiger partial charge in [-0.2, -0.15) is 5.10 Å². The second-order valence-corrected chi connectivity index (χ2v) is 3.09. The maximum atomic E-state index is 10.7. The molecule has 0 fully saturated rings. The number of ether oxygens (including phenoxy) is 1. The molecule has 4 nitrogen and oxygen atoms in total. The van der Waals surface area contributed by atoms with Crippen LogP contribution >= 0.6 is 0 Å². The Morgan fingerprint density at radius 2 is 2.29 bits per heavy atom. The van der Waals surface area contributed by atoms with Crippen molar-refractivity contribution < 1.29 is 9.53 Å². The molecular weight excluding hydrogens is 180 g/mol. The largest absolute Gasteiger partial charge is 0.497 e. The normalized spacial score (nSPS) is 10.4. The fraction of sp³-hybridized carbons (Fsp3) is 0.200. The number of aromatic amines is 1. The minimum Gasteiger partial charge on any atom is -0.497 e. The number of aromatic nitrogens is 2. The van der Waals surface area contributed by atoms with Crippen molar-refractivity contribution in [2.24, 2.45) is 0 Å². The lowest BCUT2D eigenvalue weighted by molar-refractivity contribution is 0.112. The average Bonchev–Trinajstić information content (AvgIpc) is 2.61. The lowest BCUT2D eigenvalue weighted by Crippen LogP contribution is -1.86. The summed E-state index contributed by atoms with van der Waals surface area (Å²) in [6.07, 6.45) is 0.773. The van der Waals surface area contributed by atoms with Crippen LogP contribution in [0.1, 0.15) is 16.1 Å². The van der Waals surface area contributed by atoms with Crippen LogP contribution in [0.15, 0.2) is 12.1 Å². The number of fused-ring (bicyclic) bond motifs is 1. The van der Waals surface area contributed by atoms with Crippen molar-refractivity contribution in [3.8, 4) is 5.75 Å². The van der Waals surface area contributed by atoms with Gasteiger partial charge in [0.15, 0.2) is 6.29 Å². The highest BCUT2D eigenvalue weighted by molar-refractivity contribution is 5.97. The van der Waals surface area contributed by atoms with Gasteiger partial charge in [0.1, 0.15) is 11.4 Å². The molecule has 14 heavy (non-hydrogen) atoms. The highest BCUT2D eigenvalue weighted by atomic mass is 16.5. The Labute approximate surface area is 80.9 Å². The van der Waals surface area contributed by atoms with Gasteiger partial charge < -0.3 is 4.74 Å². The predicted molar refractivity (Wildman–Crippen MR) is 52.8 cm³/mol. The number of nitrogens with zero attached hydrogens (tertiary/aromatic N) is 1. The third kappa shape index (κ3) is 1.16. The van der Waals surface area contributed by atoms with Gasteiger partial charge in [-0.05, 0) is 18.6 Å². The van der Waals surface area contributed by atoms with E-state index >= 15 is 0 Å². The maximum Gasteiger partial charge on any atom is 0.168 e. The van der Waals surface area contributed by atoms with E-state index in [1.54, 1.807) is 13.2 Å². The molecule has 0 aliphatic carbocycles. The van der Waals surface area contributed by atoms with Gasteiger partial charge in [0.2, 0.25) is 0 Å². The number of H-pyrrole nitrogens is 1. The summed E-state index contributed by atoms with van der Waals surface area (Å²) in [6.45, 7) is 1.92. The van der Waals surface area contributed by atoms with Gasteiger partial charge in [0, 0.05) is 11.5 Å². The Bertz CT molecular complexity index is 488. The first-order chi connectivity index (χ1) is 6.76. The summed E-state index contributed by atoms with van der Waals surface area (Å²) in [7, 11) is 1.61. The zero-order valence-corrected chi connectivity index (χ0v) is 8.00. The zero-order valence-electron chi connectivity index (χ0n) is 8.00. The van der Waals surface area contributed by atoms with Crippen molar-refractivity contribution in [1.82, 2.24) is 10.2 Å². The molecule has 72 valence electrons. The Hall–Kier alpha value is -1.84. The molecule has 1 aromatic heterocycles. The molecule has 0 spiro atoms. The fourth-order valence-corrected chi connectivity index (χ4v) is 1.55. The second kappa shape index (κ2) is 3.14. The average molecular weight is 190 g/mol. The van der Waals surface area contributed by atoms with Gasteiger partial charge >= 0.3 is 0 Å². The fourth-order valence-electron chi connectivity index (χ4n) is 1.55. The summed E-state index contributed by atoms with van der Waals surface area (Å²) < 4.78 is 5.10. The molecule has 0 unspecified atom stereocenters. The van der Waals surface area contributed by atoms with Crippen molar-refractivity contribution in [2.75, 3.05) is 7.11 Å². The lowest BCUT2D eigenvalue weighted by atomic mass is 10.1. The van der Waals surface area contributed by atoms with E-state index in [1.165, 1.54) is 0 Å². The zero-order chi connectivity index (χ0) is 10.1. The first kappa shape index (κ1) is 8.74. The number of methoxy groups -OCH3 is 1. The highest BCUT2D eigenvalue weighted by Gasteiger charge is 2.08. The number of aryl methyl sites for hydroxylation is 1. The van der Waals surface area contributed by atoms with Gasteiger partial charge in [0.25, 0.3) is 0 Å². The third-order valence-electron chi connectivity index (χ3n) is 2.21. The smallest absolute Gasteiger partial charge is 0.168 e. The van der Waals surface area contributed by atoms with Crippen LogP contribution in [0.25, 0.3) is 10.9 Å². The van der Waals surface area contributed by atoms with Crippen molar-refractivity contribution in [3.63, 3.8) is 0 Å². The van der Waals surface area contributed by atoms with Crippen molar-refractivity contribution in [2.45, 2.75) is 6.92 Å². The van der Waals surface area contributed by atoms with Gasteiger partial charge in [0.05, 0.1) is 12.6 Å². The standard InChI is InChI=1S/C10H10N2O2/c1-6-3-7(14-2)4-8-10(6)9(5-13)12-11-8/h3-5H,1-2H3,(H,11,12). The summed E-state index contributed by atoms with van der Waals surface area (Å²) in [6, 6.07) is 3.68. The molecule has 4 heteroatoms. The minimum absolute atomic E-state index is 0.514. The van der Waals surface area contributed by atoms with Crippen molar-refractivity contribution >= 4 is 17.2 Å². The van der Waals surface area contributed by atoms with E-state index in [4.69, 9.17) is 4.74 Å². The van der Waals surface area contributed by atoms with E-state index in [1.807, 2.05) is 13.0 Å². The van der Waals surface area contributed by atoms with Crippen LogP contribution in [0.3, 0.4) is 0 Å². The van der Waals surface area contributed by atoms with Crippen molar-refractivity contribution in [1.29, 1.82) is 0 Å². The Kier molecular flexibility index (Phi) is 1.96. The molecule has 2 aromatic rings. The van der Waals surface area contributed by atoms with E-state index in [0.717, 1.165) is 28.5 Å². The van der Waals surface area contributed by atoms with Crippen LogP contribution in [0.2, 0.25) is 0 Å².